The fourth-order valence-electron chi connectivity index (χ4n) is 2.44. The molecule has 0 spiro atoms. The van der Waals surface area contributed by atoms with Crippen LogP contribution in [0.25, 0.3) is 10.9 Å². The Labute approximate surface area is 118 Å². The Balaban J connectivity index is 2.81. The van der Waals surface area contributed by atoms with Crippen LogP contribution in [0.4, 0.5) is 11.5 Å². The molecule has 1 heterocycles. The number of aromatic nitrogens is 1. The molecule has 0 aliphatic heterocycles. The van der Waals surface area contributed by atoms with Gasteiger partial charge < -0.3 is 5.32 Å². The molecule has 0 amide bonds. The zero-order valence-electron chi connectivity index (χ0n) is 12.3. The predicted octanol–water partition coefficient (Wildman–Crippen LogP) is 3.75. The fraction of sp³-hybridized carbons (Fsp3) is 0.400. The first-order chi connectivity index (χ1) is 9.49. The van der Waals surface area contributed by atoms with Gasteiger partial charge in [0, 0.05) is 23.6 Å². The summed E-state index contributed by atoms with van der Waals surface area (Å²) < 4.78 is 0. The molecule has 1 N–H and O–H groups in total. The number of pyridine rings is 1. The van der Waals surface area contributed by atoms with Crippen molar-refractivity contribution in [2.24, 2.45) is 0 Å². The number of benzene rings is 1. The summed E-state index contributed by atoms with van der Waals surface area (Å²) in [4.78, 5) is 15.4. The predicted molar refractivity (Wildman–Crippen MR) is 81.4 cm³/mol. The molecule has 0 radical (unpaired) electrons. The molecule has 0 unspecified atom stereocenters. The van der Waals surface area contributed by atoms with E-state index in [0.717, 1.165) is 40.8 Å². The minimum atomic E-state index is -0.328. The smallest absolute Gasteiger partial charge is 0.273 e. The molecule has 0 saturated heterocycles. The van der Waals surface area contributed by atoms with Crippen LogP contribution in [0, 0.1) is 24.0 Å². The average Bonchev–Trinajstić information content (AvgIpc) is 2.42. The lowest BCUT2D eigenvalue weighted by molar-refractivity contribution is -0.385. The number of nitro benzene ring substituents is 1. The van der Waals surface area contributed by atoms with E-state index in [1.807, 2.05) is 19.9 Å². The number of hydrogen-bond acceptors (Lipinski definition) is 4. The van der Waals surface area contributed by atoms with E-state index in [1.54, 1.807) is 13.0 Å². The van der Waals surface area contributed by atoms with Crippen LogP contribution in [-0.4, -0.2) is 16.5 Å². The number of anilines is 1. The van der Waals surface area contributed by atoms with E-state index >= 15 is 0 Å². The van der Waals surface area contributed by atoms with Gasteiger partial charge in [-0.15, -0.1) is 0 Å². The minimum Gasteiger partial charge on any atom is -0.370 e. The number of fused-ring (bicyclic) bond motifs is 1. The van der Waals surface area contributed by atoms with Crippen molar-refractivity contribution in [2.75, 3.05) is 11.9 Å². The topological polar surface area (TPSA) is 68.1 Å². The first kappa shape index (κ1) is 14.2. The van der Waals surface area contributed by atoms with Gasteiger partial charge in [-0.2, -0.15) is 0 Å². The van der Waals surface area contributed by atoms with E-state index < -0.39 is 0 Å². The third kappa shape index (κ3) is 2.31. The Morgan fingerprint density at radius 2 is 2.00 bits per heavy atom. The molecule has 2 rings (SSSR count). The van der Waals surface area contributed by atoms with Crippen LogP contribution < -0.4 is 5.32 Å². The first-order valence-electron chi connectivity index (χ1n) is 6.81. The van der Waals surface area contributed by atoms with Gasteiger partial charge in [-0.1, -0.05) is 6.92 Å². The highest BCUT2D eigenvalue weighted by Gasteiger charge is 2.17. The third-order valence-corrected chi connectivity index (χ3v) is 3.54. The van der Waals surface area contributed by atoms with Crippen LogP contribution >= 0.6 is 0 Å². The quantitative estimate of drug-likeness (QED) is 0.680. The summed E-state index contributed by atoms with van der Waals surface area (Å²) in [6.45, 7) is 8.54. The van der Waals surface area contributed by atoms with Crippen molar-refractivity contribution in [1.29, 1.82) is 0 Å². The lowest BCUT2D eigenvalue weighted by atomic mass is 10.0. The summed E-state index contributed by atoms with van der Waals surface area (Å²) in [6.07, 6.45) is 0.840. The van der Waals surface area contributed by atoms with Crippen LogP contribution in [0.1, 0.15) is 30.5 Å². The molecule has 5 nitrogen and oxygen atoms in total. The normalized spacial score (nSPS) is 10.8. The molecule has 5 heteroatoms. The van der Waals surface area contributed by atoms with Gasteiger partial charge in [-0.3, -0.25) is 10.1 Å². The van der Waals surface area contributed by atoms with E-state index in [0.29, 0.717) is 5.56 Å². The van der Waals surface area contributed by atoms with Gasteiger partial charge in [0.1, 0.15) is 5.82 Å². The molecule has 0 fully saturated rings. The van der Waals surface area contributed by atoms with Crippen LogP contribution in [0.15, 0.2) is 12.1 Å². The van der Waals surface area contributed by atoms with Gasteiger partial charge >= 0.3 is 0 Å². The molecule has 1 aromatic carbocycles. The van der Waals surface area contributed by atoms with Crippen molar-refractivity contribution in [1.82, 2.24) is 4.98 Å². The molecular weight excluding hydrogens is 254 g/mol. The molecular formula is C15H19N3O2. The highest BCUT2D eigenvalue weighted by atomic mass is 16.6. The van der Waals surface area contributed by atoms with Crippen LogP contribution in [0.2, 0.25) is 0 Å². The van der Waals surface area contributed by atoms with Gasteiger partial charge in [-0.25, -0.2) is 4.98 Å². The summed E-state index contributed by atoms with van der Waals surface area (Å²) >= 11 is 0. The molecule has 0 atom stereocenters. The van der Waals surface area contributed by atoms with Crippen molar-refractivity contribution in [2.45, 2.75) is 34.1 Å². The summed E-state index contributed by atoms with van der Waals surface area (Å²) in [5.41, 5.74) is 3.60. The van der Waals surface area contributed by atoms with E-state index in [-0.39, 0.29) is 10.6 Å². The van der Waals surface area contributed by atoms with Gasteiger partial charge in [0.2, 0.25) is 0 Å². The number of aryl methyl sites for hydroxylation is 3. The minimum absolute atomic E-state index is 0.162. The van der Waals surface area contributed by atoms with Gasteiger partial charge in [-0.05, 0) is 44.4 Å². The van der Waals surface area contributed by atoms with Gasteiger partial charge in [0.05, 0.1) is 10.4 Å². The van der Waals surface area contributed by atoms with Crippen molar-refractivity contribution in [3.05, 3.63) is 38.9 Å². The summed E-state index contributed by atoms with van der Waals surface area (Å²) in [5, 5.41) is 15.2. The van der Waals surface area contributed by atoms with Gasteiger partial charge in [0.15, 0.2) is 0 Å². The van der Waals surface area contributed by atoms with Crippen molar-refractivity contribution in [3.8, 4) is 0 Å². The summed E-state index contributed by atoms with van der Waals surface area (Å²) in [6, 6.07) is 3.63. The molecule has 1 aromatic heterocycles. The van der Waals surface area contributed by atoms with Crippen molar-refractivity contribution < 1.29 is 4.92 Å². The van der Waals surface area contributed by atoms with E-state index in [2.05, 4.69) is 17.2 Å². The Morgan fingerprint density at radius 1 is 1.30 bits per heavy atom. The Morgan fingerprint density at radius 3 is 2.55 bits per heavy atom. The molecule has 0 bridgehead atoms. The monoisotopic (exact) mass is 273 g/mol. The standard InChI is InChI=1S/C15H19N3O2/c1-5-11-8-12-10(4)13(18(19)20)7-9(3)14(12)17-15(11)16-6-2/h7-8H,5-6H2,1-4H3,(H,16,17). The Kier molecular flexibility index (Phi) is 3.88. The molecule has 0 aliphatic rings. The molecule has 2 aromatic rings. The van der Waals surface area contributed by atoms with Crippen LogP contribution in [-0.2, 0) is 6.42 Å². The molecule has 20 heavy (non-hydrogen) atoms. The number of nitrogens with one attached hydrogen (secondary N) is 1. The molecule has 0 aliphatic carbocycles. The lowest BCUT2D eigenvalue weighted by Crippen LogP contribution is -2.05. The fourth-order valence-corrected chi connectivity index (χ4v) is 2.44. The van der Waals surface area contributed by atoms with Crippen molar-refractivity contribution in [3.63, 3.8) is 0 Å². The molecule has 106 valence electrons. The Hall–Kier alpha value is -2.17. The highest BCUT2D eigenvalue weighted by Crippen LogP contribution is 2.31. The zero-order valence-corrected chi connectivity index (χ0v) is 12.3. The van der Waals surface area contributed by atoms with E-state index in [1.165, 1.54) is 0 Å². The second kappa shape index (κ2) is 5.45. The second-order valence-electron chi connectivity index (χ2n) is 4.87. The molecule has 0 saturated carbocycles. The zero-order chi connectivity index (χ0) is 14.9. The first-order valence-corrected chi connectivity index (χ1v) is 6.81. The second-order valence-corrected chi connectivity index (χ2v) is 4.87. The number of nitro groups is 1. The van der Waals surface area contributed by atoms with Crippen molar-refractivity contribution >= 4 is 22.4 Å². The van der Waals surface area contributed by atoms with E-state index in [4.69, 9.17) is 0 Å². The third-order valence-electron chi connectivity index (χ3n) is 3.54. The van der Waals surface area contributed by atoms with Gasteiger partial charge in [0.25, 0.3) is 5.69 Å². The van der Waals surface area contributed by atoms with E-state index in [9.17, 15) is 10.1 Å². The summed E-state index contributed by atoms with van der Waals surface area (Å²) in [7, 11) is 0. The highest BCUT2D eigenvalue weighted by molar-refractivity contribution is 5.90. The SMILES string of the molecule is CCNc1nc2c(C)cc([N+](=O)[O-])c(C)c2cc1CC. The summed E-state index contributed by atoms with van der Waals surface area (Å²) in [5.74, 6) is 0.874. The largest absolute Gasteiger partial charge is 0.370 e. The Bertz CT molecular complexity index is 681. The number of rotatable bonds is 4. The average molecular weight is 273 g/mol. The maximum atomic E-state index is 11.1. The van der Waals surface area contributed by atoms with Crippen LogP contribution in [0.3, 0.4) is 0 Å². The maximum absolute atomic E-state index is 11.1. The van der Waals surface area contributed by atoms with Crippen LogP contribution in [0.5, 0.6) is 0 Å². The number of hydrogen-bond donors (Lipinski definition) is 1. The maximum Gasteiger partial charge on any atom is 0.273 e. The number of nitrogens with zero attached hydrogens (tertiary/aromatic N) is 2. The lowest BCUT2D eigenvalue weighted by Gasteiger charge is -2.13.